The normalized spacial score (nSPS) is 22.7. The first-order valence-corrected chi connectivity index (χ1v) is 7.90. The molecule has 1 aromatic carbocycles. The highest BCUT2D eigenvalue weighted by Gasteiger charge is 2.34. The number of nitrogens with one attached hydrogen (secondary N) is 1. The Morgan fingerprint density at radius 2 is 2.24 bits per heavy atom. The van der Waals surface area contributed by atoms with E-state index in [9.17, 15) is 5.11 Å². The summed E-state index contributed by atoms with van der Waals surface area (Å²) in [4.78, 5) is 0. The molecule has 0 aromatic heterocycles. The fourth-order valence-corrected chi connectivity index (χ4v) is 3.29. The van der Waals surface area contributed by atoms with Crippen LogP contribution in [0, 0.1) is 0 Å². The van der Waals surface area contributed by atoms with Crippen molar-refractivity contribution in [2.75, 3.05) is 20.3 Å². The first kappa shape index (κ1) is 16.3. The van der Waals surface area contributed by atoms with Crippen molar-refractivity contribution in [3.8, 4) is 5.75 Å². The minimum absolute atomic E-state index is 0.0603. The van der Waals surface area contributed by atoms with Crippen molar-refractivity contribution in [2.45, 2.75) is 50.6 Å². The Hall–Kier alpha value is -1.10. The summed E-state index contributed by atoms with van der Waals surface area (Å²) in [5, 5.41) is 12.9. The number of aryl methyl sites for hydroxylation is 1. The molecule has 4 N–H and O–H groups in total. The lowest BCUT2D eigenvalue weighted by Gasteiger charge is -2.41. The SMILES string of the molecule is CCC(CCO)NC1(CN)CCc2ccc(OC)cc2C1. The topological polar surface area (TPSA) is 67.5 Å². The minimum atomic E-state index is -0.0603. The molecule has 2 atom stereocenters. The van der Waals surface area contributed by atoms with Gasteiger partial charge in [-0.3, -0.25) is 0 Å². The van der Waals surface area contributed by atoms with E-state index in [1.807, 2.05) is 6.07 Å². The quantitative estimate of drug-likeness (QED) is 0.714. The van der Waals surface area contributed by atoms with Crippen LogP contribution in [0.3, 0.4) is 0 Å². The van der Waals surface area contributed by atoms with Gasteiger partial charge in [0.15, 0.2) is 0 Å². The largest absolute Gasteiger partial charge is 0.497 e. The van der Waals surface area contributed by atoms with Crippen LogP contribution in [-0.2, 0) is 12.8 Å². The van der Waals surface area contributed by atoms with Crippen molar-refractivity contribution in [3.63, 3.8) is 0 Å². The van der Waals surface area contributed by atoms with Gasteiger partial charge < -0.3 is 20.9 Å². The van der Waals surface area contributed by atoms with E-state index >= 15 is 0 Å². The maximum Gasteiger partial charge on any atom is 0.119 e. The molecule has 0 heterocycles. The molecule has 118 valence electrons. The van der Waals surface area contributed by atoms with E-state index in [4.69, 9.17) is 10.5 Å². The number of hydrogen-bond acceptors (Lipinski definition) is 4. The third kappa shape index (κ3) is 3.76. The lowest BCUT2D eigenvalue weighted by Crippen LogP contribution is -2.58. The van der Waals surface area contributed by atoms with Crippen molar-refractivity contribution in [1.29, 1.82) is 0 Å². The first-order chi connectivity index (χ1) is 10.2. The van der Waals surface area contributed by atoms with Gasteiger partial charge in [-0.1, -0.05) is 13.0 Å². The third-order valence-electron chi connectivity index (χ3n) is 4.69. The zero-order valence-corrected chi connectivity index (χ0v) is 13.2. The Morgan fingerprint density at radius 1 is 1.43 bits per heavy atom. The van der Waals surface area contributed by atoms with Crippen molar-refractivity contribution in [3.05, 3.63) is 29.3 Å². The molecule has 0 amide bonds. The summed E-state index contributed by atoms with van der Waals surface area (Å²) in [5.41, 5.74) is 8.78. The number of aliphatic hydroxyl groups is 1. The van der Waals surface area contributed by atoms with Crippen LogP contribution in [0.15, 0.2) is 18.2 Å². The Labute approximate surface area is 127 Å². The number of nitrogens with two attached hydrogens (primary N) is 1. The average Bonchev–Trinajstić information content (AvgIpc) is 2.53. The maximum atomic E-state index is 9.19. The molecule has 1 aromatic rings. The predicted molar refractivity (Wildman–Crippen MR) is 85.7 cm³/mol. The van der Waals surface area contributed by atoms with E-state index < -0.39 is 0 Å². The van der Waals surface area contributed by atoms with Gasteiger partial charge in [-0.05, 0) is 55.4 Å². The van der Waals surface area contributed by atoms with Gasteiger partial charge in [0.25, 0.3) is 0 Å². The number of fused-ring (bicyclic) bond motifs is 1. The number of rotatable bonds is 7. The van der Waals surface area contributed by atoms with Crippen LogP contribution >= 0.6 is 0 Å². The Balaban J connectivity index is 2.17. The van der Waals surface area contributed by atoms with Gasteiger partial charge in [-0.15, -0.1) is 0 Å². The molecule has 0 aliphatic heterocycles. The number of ether oxygens (including phenoxy) is 1. The molecule has 21 heavy (non-hydrogen) atoms. The van der Waals surface area contributed by atoms with Gasteiger partial charge in [0, 0.05) is 24.7 Å². The molecule has 0 radical (unpaired) electrons. The molecule has 2 unspecified atom stereocenters. The Kier molecular flexibility index (Phi) is 5.62. The fraction of sp³-hybridized carbons (Fsp3) is 0.647. The molecular formula is C17H28N2O2. The molecule has 2 rings (SSSR count). The van der Waals surface area contributed by atoms with Gasteiger partial charge in [0.05, 0.1) is 7.11 Å². The van der Waals surface area contributed by atoms with E-state index in [-0.39, 0.29) is 12.1 Å². The van der Waals surface area contributed by atoms with Gasteiger partial charge in [0.1, 0.15) is 5.75 Å². The second-order valence-electron chi connectivity index (χ2n) is 6.06. The molecule has 1 aliphatic carbocycles. The highest BCUT2D eigenvalue weighted by molar-refractivity contribution is 5.39. The second-order valence-corrected chi connectivity index (χ2v) is 6.06. The number of benzene rings is 1. The molecule has 0 fully saturated rings. The molecule has 0 saturated heterocycles. The summed E-state index contributed by atoms with van der Waals surface area (Å²) in [6.07, 6.45) is 4.80. The van der Waals surface area contributed by atoms with E-state index in [0.717, 1.165) is 37.9 Å². The standard InChI is InChI=1S/C17H28N2O2/c1-3-15(7-9-20)19-17(12-18)8-6-13-4-5-16(21-2)10-14(13)11-17/h4-5,10,15,19-20H,3,6-9,11-12,18H2,1-2H3. The van der Waals surface area contributed by atoms with E-state index in [0.29, 0.717) is 12.6 Å². The zero-order chi connectivity index (χ0) is 15.3. The molecule has 1 aliphatic rings. The summed E-state index contributed by atoms with van der Waals surface area (Å²) in [6.45, 7) is 2.99. The predicted octanol–water partition coefficient (Wildman–Crippen LogP) is 1.63. The van der Waals surface area contributed by atoms with E-state index in [1.54, 1.807) is 7.11 Å². The van der Waals surface area contributed by atoms with Crippen molar-refractivity contribution in [2.24, 2.45) is 5.73 Å². The Bertz CT molecular complexity index is 464. The van der Waals surface area contributed by atoms with Gasteiger partial charge in [-0.25, -0.2) is 0 Å². The molecular weight excluding hydrogens is 264 g/mol. The zero-order valence-electron chi connectivity index (χ0n) is 13.2. The fourth-order valence-electron chi connectivity index (χ4n) is 3.29. The summed E-state index contributed by atoms with van der Waals surface area (Å²) in [7, 11) is 1.70. The Morgan fingerprint density at radius 3 is 2.86 bits per heavy atom. The van der Waals surface area contributed by atoms with E-state index in [2.05, 4.69) is 24.4 Å². The summed E-state index contributed by atoms with van der Waals surface area (Å²) in [5.74, 6) is 0.906. The van der Waals surface area contributed by atoms with Crippen molar-refractivity contribution >= 4 is 0 Å². The van der Waals surface area contributed by atoms with Gasteiger partial charge >= 0.3 is 0 Å². The summed E-state index contributed by atoms with van der Waals surface area (Å²) >= 11 is 0. The highest BCUT2D eigenvalue weighted by atomic mass is 16.5. The van der Waals surface area contributed by atoms with Crippen LogP contribution in [0.2, 0.25) is 0 Å². The second kappa shape index (κ2) is 7.25. The monoisotopic (exact) mass is 292 g/mol. The molecule has 0 spiro atoms. The van der Waals surface area contributed by atoms with Gasteiger partial charge in [0.2, 0.25) is 0 Å². The molecule has 0 bridgehead atoms. The highest BCUT2D eigenvalue weighted by Crippen LogP contribution is 2.31. The number of methoxy groups -OCH3 is 1. The van der Waals surface area contributed by atoms with Crippen LogP contribution < -0.4 is 15.8 Å². The summed E-state index contributed by atoms with van der Waals surface area (Å²) < 4.78 is 5.34. The third-order valence-corrected chi connectivity index (χ3v) is 4.69. The lowest BCUT2D eigenvalue weighted by atomic mass is 9.77. The van der Waals surface area contributed by atoms with Gasteiger partial charge in [-0.2, -0.15) is 0 Å². The van der Waals surface area contributed by atoms with Crippen molar-refractivity contribution in [1.82, 2.24) is 5.32 Å². The van der Waals surface area contributed by atoms with Crippen LogP contribution in [-0.4, -0.2) is 36.9 Å². The first-order valence-electron chi connectivity index (χ1n) is 7.90. The lowest BCUT2D eigenvalue weighted by molar-refractivity contribution is 0.212. The number of aliphatic hydroxyl groups excluding tert-OH is 1. The smallest absolute Gasteiger partial charge is 0.119 e. The maximum absolute atomic E-state index is 9.19. The number of hydrogen-bond donors (Lipinski definition) is 3. The van der Waals surface area contributed by atoms with Crippen LogP contribution in [0.1, 0.15) is 37.3 Å². The minimum Gasteiger partial charge on any atom is -0.497 e. The van der Waals surface area contributed by atoms with Crippen LogP contribution in [0.4, 0.5) is 0 Å². The van der Waals surface area contributed by atoms with Crippen molar-refractivity contribution < 1.29 is 9.84 Å². The molecule has 0 saturated carbocycles. The average molecular weight is 292 g/mol. The molecule has 4 nitrogen and oxygen atoms in total. The van der Waals surface area contributed by atoms with E-state index in [1.165, 1.54) is 11.1 Å². The van der Waals surface area contributed by atoms with Crippen LogP contribution in [0.25, 0.3) is 0 Å². The van der Waals surface area contributed by atoms with Crippen LogP contribution in [0.5, 0.6) is 5.75 Å². The summed E-state index contributed by atoms with van der Waals surface area (Å²) in [6, 6.07) is 6.65. The molecule has 4 heteroatoms.